The van der Waals surface area contributed by atoms with Crippen LogP contribution >= 0.6 is 0 Å². The lowest BCUT2D eigenvalue weighted by Crippen LogP contribution is -2.46. The van der Waals surface area contributed by atoms with Crippen molar-refractivity contribution in [2.45, 2.75) is 90.4 Å². The quantitative estimate of drug-likeness (QED) is 0.645. The molecular formula is C17H35N3O2. The van der Waals surface area contributed by atoms with Crippen molar-refractivity contribution in [1.29, 1.82) is 0 Å². The number of nitrogens with one attached hydrogen (secondary N) is 3. The Hall–Kier alpha value is -0.810. The Morgan fingerprint density at radius 1 is 1.41 bits per heavy atom. The number of carbonyl (C=O) groups excluding carboxylic acids is 1. The van der Waals surface area contributed by atoms with E-state index in [2.05, 4.69) is 29.8 Å². The topological polar surface area (TPSA) is 62.4 Å². The van der Waals surface area contributed by atoms with Gasteiger partial charge >= 0.3 is 6.09 Å². The monoisotopic (exact) mass is 313 g/mol. The molecule has 0 aromatic heterocycles. The zero-order chi connectivity index (χ0) is 16.6. The number of amides is 1. The van der Waals surface area contributed by atoms with Gasteiger partial charge in [-0.2, -0.15) is 0 Å². The van der Waals surface area contributed by atoms with Crippen molar-refractivity contribution in [1.82, 2.24) is 16.0 Å². The summed E-state index contributed by atoms with van der Waals surface area (Å²) >= 11 is 0. The summed E-state index contributed by atoms with van der Waals surface area (Å²) in [4.78, 5) is 11.8. The van der Waals surface area contributed by atoms with Crippen molar-refractivity contribution in [2.24, 2.45) is 0 Å². The summed E-state index contributed by atoms with van der Waals surface area (Å²) in [5, 5.41) is 10.1. The molecule has 3 N–H and O–H groups in total. The molecule has 3 unspecified atom stereocenters. The van der Waals surface area contributed by atoms with Crippen LogP contribution < -0.4 is 16.0 Å². The van der Waals surface area contributed by atoms with E-state index in [9.17, 15) is 4.79 Å². The number of rotatable bonds is 8. The molecule has 1 aliphatic heterocycles. The summed E-state index contributed by atoms with van der Waals surface area (Å²) in [6.45, 7) is 11.8. The SMILES string of the molecule is CCCC(CNC(=O)OC(C)(C)C)NC(C)CC1CCCN1. The average molecular weight is 313 g/mol. The predicted molar refractivity (Wildman–Crippen MR) is 91.2 cm³/mol. The minimum absolute atomic E-state index is 0.300. The molecule has 3 atom stereocenters. The first-order valence-corrected chi connectivity index (χ1v) is 8.76. The van der Waals surface area contributed by atoms with Crippen molar-refractivity contribution in [3.8, 4) is 0 Å². The van der Waals surface area contributed by atoms with Crippen LogP contribution in [0.5, 0.6) is 0 Å². The van der Waals surface area contributed by atoms with E-state index in [1.54, 1.807) is 0 Å². The molecule has 1 saturated heterocycles. The Bertz CT molecular complexity index is 322. The van der Waals surface area contributed by atoms with Crippen molar-refractivity contribution >= 4 is 6.09 Å². The molecule has 0 radical (unpaired) electrons. The predicted octanol–water partition coefficient (Wildman–Crippen LogP) is 2.80. The molecule has 0 aromatic carbocycles. The Morgan fingerprint density at radius 2 is 2.14 bits per heavy atom. The van der Waals surface area contributed by atoms with Crippen LogP contribution in [-0.4, -0.2) is 42.9 Å². The molecule has 0 spiro atoms. The number of ether oxygens (including phenoxy) is 1. The summed E-state index contributed by atoms with van der Waals surface area (Å²) in [7, 11) is 0. The van der Waals surface area contributed by atoms with Crippen LogP contribution in [0, 0.1) is 0 Å². The highest BCUT2D eigenvalue weighted by atomic mass is 16.6. The Kier molecular flexibility index (Phi) is 8.18. The zero-order valence-corrected chi connectivity index (χ0v) is 15.0. The van der Waals surface area contributed by atoms with Crippen LogP contribution in [0.4, 0.5) is 4.79 Å². The summed E-state index contributed by atoms with van der Waals surface area (Å²) in [5.74, 6) is 0. The van der Waals surface area contributed by atoms with E-state index in [-0.39, 0.29) is 6.09 Å². The van der Waals surface area contributed by atoms with Gasteiger partial charge in [-0.15, -0.1) is 0 Å². The maximum Gasteiger partial charge on any atom is 0.407 e. The minimum Gasteiger partial charge on any atom is -0.444 e. The smallest absolute Gasteiger partial charge is 0.407 e. The van der Waals surface area contributed by atoms with Gasteiger partial charge in [0.25, 0.3) is 0 Å². The normalized spacial score (nSPS) is 21.4. The van der Waals surface area contributed by atoms with Crippen LogP contribution in [0.15, 0.2) is 0 Å². The summed E-state index contributed by atoms with van der Waals surface area (Å²) in [6.07, 6.45) is 5.53. The van der Waals surface area contributed by atoms with Crippen LogP contribution in [0.1, 0.15) is 66.7 Å². The lowest BCUT2D eigenvalue weighted by Gasteiger charge is -2.26. The lowest BCUT2D eigenvalue weighted by molar-refractivity contribution is 0.0520. The first-order valence-electron chi connectivity index (χ1n) is 8.76. The van der Waals surface area contributed by atoms with E-state index in [4.69, 9.17) is 4.74 Å². The van der Waals surface area contributed by atoms with E-state index in [1.807, 2.05) is 20.8 Å². The fourth-order valence-corrected chi connectivity index (χ4v) is 2.97. The average Bonchev–Trinajstić information content (AvgIpc) is 2.87. The maximum atomic E-state index is 11.8. The third-order valence-corrected chi connectivity index (χ3v) is 3.85. The van der Waals surface area contributed by atoms with Gasteiger partial charge in [-0.1, -0.05) is 13.3 Å². The molecule has 0 aromatic rings. The Labute approximate surface area is 135 Å². The van der Waals surface area contributed by atoms with Crippen molar-refractivity contribution in [2.75, 3.05) is 13.1 Å². The zero-order valence-electron chi connectivity index (χ0n) is 15.0. The largest absolute Gasteiger partial charge is 0.444 e. The van der Waals surface area contributed by atoms with Gasteiger partial charge in [-0.25, -0.2) is 4.79 Å². The second kappa shape index (κ2) is 9.36. The maximum absolute atomic E-state index is 11.8. The molecule has 1 fully saturated rings. The fraction of sp³-hybridized carbons (Fsp3) is 0.941. The van der Waals surface area contributed by atoms with E-state index < -0.39 is 5.60 Å². The first-order chi connectivity index (χ1) is 10.3. The molecule has 0 bridgehead atoms. The van der Waals surface area contributed by atoms with E-state index in [1.165, 1.54) is 12.8 Å². The van der Waals surface area contributed by atoms with Gasteiger partial charge in [-0.3, -0.25) is 0 Å². The molecular weight excluding hydrogens is 278 g/mol. The third kappa shape index (κ3) is 8.59. The molecule has 5 heteroatoms. The number of alkyl carbamates (subject to hydrolysis) is 1. The van der Waals surface area contributed by atoms with Gasteiger partial charge in [0.15, 0.2) is 0 Å². The van der Waals surface area contributed by atoms with Gasteiger partial charge in [0.2, 0.25) is 0 Å². The standard InChI is InChI=1S/C17H35N3O2/c1-6-8-15(12-19-16(21)22-17(3,4)5)20-13(2)11-14-9-7-10-18-14/h13-15,18,20H,6-12H2,1-5H3,(H,19,21). The van der Waals surface area contributed by atoms with E-state index >= 15 is 0 Å². The summed E-state index contributed by atoms with van der Waals surface area (Å²) in [6, 6.07) is 1.39. The highest BCUT2D eigenvalue weighted by Gasteiger charge is 2.20. The summed E-state index contributed by atoms with van der Waals surface area (Å²) < 4.78 is 5.29. The van der Waals surface area contributed by atoms with Crippen LogP contribution in [0.2, 0.25) is 0 Å². The van der Waals surface area contributed by atoms with Crippen molar-refractivity contribution in [3.05, 3.63) is 0 Å². The summed E-state index contributed by atoms with van der Waals surface area (Å²) in [5.41, 5.74) is -0.445. The lowest BCUT2D eigenvalue weighted by atomic mass is 10.0. The molecule has 1 amide bonds. The highest BCUT2D eigenvalue weighted by Crippen LogP contribution is 2.12. The molecule has 22 heavy (non-hydrogen) atoms. The Morgan fingerprint density at radius 3 is 2.68 bits per heavy atom. The second-order valence-corrected chi connectivity index (χ2v) is 7.47. The van der Waals surface area contributed by atoms with Gasteiger partial charge in [0.1, 0.15) is 5.60 Å². The van der Waals surface area contributed by atoms with Crippen LogP contribution in [-0.2, 0) is 4.74 Å². The molecule has 0 aliphatic carbocycles. The van der Waals surface area contributed by atoms with Gasteiger partial charge < -0.3 is 20.7 Å². The second-order valence-electron chi connectivity index (χ2n) is 7.47. The molecule has 0 saturated carbocycles. The molecule has 1 heterocycles. The number of hydrogen-bond acceptors (Lipinski definition) is 4. The van der Waals surface area contributed by atoms with Crippen LogP contribution in [0.25, 0.3) is 0 Å². The first kappa shape index (κ1) is 19.2. The van der Waals surface area contributed by atoms with E-state index in [0.717, 1.165) is 25.8 Å². The van der Waals surface area contributed by atoms with Gasteiger partial charge in [0, 0.05) is 24.7 Å². The third-order valence-electron chi connectivity index (χ3n) is 3.85. The number of carbonyl (C=O) groups is 1. The molecule has 1 aliphatic rings. The van der Waals surface area contributed by atoms with Gasteiger partial charge in [-0.05, 0) is 59.9 Å². The molecule has 1 rings (SSSR count). The number of hydrogen-bond donors (Lipinski definition) is 3. The van der Waals surface area contributed by atoms with Crippen LogP contribution in [0.3, 0.4) is 0 Å². The minimum atomic E-state index is -0.445. The Balaban J connectivity index is 2.32. The highest BCUT2D eigenvalue weighted by molar-refractivity contribution is 5.67. The molecule has 5 nitrogen and oxygen atoms in total. The van der Waals surface area contributed by atoms with Gasteiger partial charge in [0.05, 0.1) is 0 Å². The van der Waals surface area contributed by atoms with Crippen molar-refractivity contribution in [3.63, 3.8) is 0 Å². The van der Waals surface area contributed by atoms with E-state index in [0.29, 0.717) is 24.7 Å². The fourth-order valence-electron chi connectivity index (χ4n) is 2.97. The molecule has 130 valence electrons. The van der Waals surface area contributed by atoms with Crippen molar-refractivity contribution < 1.29 is 9.53 Å².